The SMILES string of the molecule is Cc1cc(C)c2c(c1)[C@@H](N(Cc1cc(C(F)(F)F)cc(C(F)(F)F)c1)c1nnn(C)n1)CCCN2CC1CCN(C(=O)OC(C)(C)C)CC1. The van der Waals surface area contributed by atoms with Crippen LogP contribution in [0.3, 0.4) is 0 Å². The van der Waals surface area contributed by atoms with Crippen molar-refractivity contribution in [3.05, 3.63) is 63.7 Å². The molecule has 2 aromatic carbocycles. The highest BCUT2D eigenvalue weighted by atomic mass is 19.4. The Balaban J connectivity index is 1.48. The van der Waals surface area contributed by atoms with Gasteiger partial charge in [0.2, 0.25) is 0 Å². The fourth-order valence-electron chi connectivity index (χ4n) is 6.88. The minimum Gasteiger partial charge on any atom is -0.444 e. The smallest absolute Gasteiger partial charge is 0.416 e. The van der Waals surface area contributed by atoms with Gasteiger partial charge in [0, 0.05) is 38.4 Å². The van der Waals surface area contributed by atoms with E-state index in [0.717, 1.165) is 53.9 Å². The summed E-state index contributed by atoms with van der Waals surface area (Å²) in [7, 11) is 1.55. The summed E-state index contributed by atoms with van der Waals surface area (Å²) in [5, 5.41) is 12.4. The second-order valence-corrected chi connectivity index (χ2v) is 14.2. The first-order valence-electron chi connectivity index (χ1n) is 16.4. The van der Waals surface area contributed by atoms with Gasteiger partial charge < -0.3 is 19.4 Å². The summed E-state index contributed by atoms with van der Waals surface area (Å²) in [5.74, 6) is 0.402. The first-order valence-corrected chi connectivity index (χ1v) is 16.4. The molecule has 9 nitrogen and oxygen atoms in total. The summed E-state index contributed by atoms with van der Waals surface area (Å²) in [6, 6.07) is 5.29. The van der Waals surface area contributed by atoms with E-state index >= 15 is 0 Å². The second kappa shape index (κ2) is 13.7. The quantitative estimate of drug-likeness (QED) is 0.243. The molecule has 0 saturated carbocycles. The fraction of sp³-hybridized carbons (Fsp3) is 0.588. The van der Waals surface area contributed by atoms with E-state index in [9.17, 15) is 31.1 Å². The lowest BCUT2D eigenvalue weighted by molar-refractivity contribution is -0.143. The predicted octanol–water partition coefficient (Wildman–Crippen LogP) is 7.86. The molecular weight excluding hydrogens is 652 g/mol. The molecule has 15 heteroatoms. The first kappa shape index (κ1) is 36.2. The van der Waals surface area contributed by atoms with Crippen LogP contribution in [0.15, 0.2) is 30.3 Å². The van der Waals surface area contributed by atoms with Gasteiger partial charge in [-0.2, -0.15) is 31.1 Å². The predicted molar refractivity (Wildman–Crippen MR) is 172 cm³/mol. The molecule has 0 bridgehead atoms. The molecule has 3 aromatic rings. The lowest BCUT2D eigenvalue weighted by Crippen LogP contribution is -2.44. The summed E-state index contributed by atoms with van der Waals surface area (Å²) in [4.78, 5) is 19.6. The molecule has 0 aliphatic carbocycles. The van der Waals surface area contributed by atoms with Crippen LogP contribution in [-0.2, 0) is 30.7 Å². The van der Waals surface area contributed by atoms with E-state index in [-0.39, 0.29) is 30.2 Å². The summed E-state index contributed by atoms with van der Waals surface area (Å²) in [5.41, 5.74) is 0.374. The third-order valence-electron chi connectivity index (χ3n) is 8.93. The number of amides is 1. The van der Waals surface area contributed by atoms with E-state index in [1.165, 1.54) is 4.80 Å². The highest BCUT2D eigenvalue weighted by Gasteiger charge is 2.38. The molecule has 1 atom stereocenters. The van der Waals surface area contributed by atoms with Gasteiger partial charge in [-0.3, -0.25) is 0 Å². The molecule has 2 aliphatic heterocycles. The standard InChI is InChI=1S/C34H43F6N7O2/c1-21-14-22(2)29-27(15-21)28(8-7-11-46(29)19-23-9-12-45(13-10-23)31(48)49-32(3,4)5)47(30-41-43-44(6)42-30)20-24-16-25(33(35,36)37)18-26(17-24)34(38,39)40/h14-18,23,28H,7-13,19-20H2,1-6H3/t28-/m0/s1. The molecule has 268 valence electrons. The average molecular weight is 696 g/mol. The van der Waals surface area contributed by atoms with Crippen molar-refractivity contribution in [1.29, 1.82) is 0 Å². The van der Waals surface area contributed by atoms with Gasteiger partial charge in [0.1, 0.15) is 5.60 Å². The molecule has 2 aliphatic rings. The Bertz CT molecular complexity index is 1610. The van der Waals surface area contributed by atoms with E-state index in [0.29, 0.717) is 38.4 Å². The summed E-state index contributed by atoms with van der Waals surface area (Å²) >= 11 is 0. The maximum atomic E-state index is 13.8. The Morgan fingerprint density at radius 2 is 1.55 bits per heavy atom. The van der Waals surface area contributed by atoms with Crippen LogP contribution in [-0.4, -0.2) is 63.0 Å². The van der Waals surface area contributed by atoms with E-state index in [1.807, 2.05) is 40.7 Å². The lowest BCUT2D eigenvalue weighted by atomic mass is 9.93. The molecule has 1 amide bonds. The van der Waals surface area contributed by atoms with E-state index < -0.39 is 35.1 Å². The fourth-order valence-corrected chi connectivity index (χ4v) is 6.88. The van der Waals surface area contributed by atoms with E-state index in [1.54, 1.807) is 16.8 Å². The normalized spacial score (nSPS) is 17.9. The molecular formula is C34H43F6N7O2. The zero-order valence-electron chi connectivity index (χ0n) is 28.6. The molecule has 1 aromatic heterocycles. The number of aryl methyl sites for hydroxylation is 3. The zero-order valence-corrected chi connectivity index (χ0v) is 28.6. The molecule has 3 heterocycles. The Morgan fingerprint density at radius 3 is 2.10 bits per heavy atom. The van der Waals surface area contributed by atoms with Gasteiger partial charge in [-0.05, 0) is 106 Å². The number of alkyl halides is 6. The number of piperidine rings is 1. The molecule has 1 saturated heterocycles. The molecule has 1 fully saturated rings. The minimum atomic E-state index is -4.97. The van der Waals surface area contributed by atoms with Crippen LogP contribution < -0.4 is 9.80 Å². The van der Waals surface area contributed by atoms with Crippen molar-refractivity contribution >= 4 is 17.7 Å². The van der Waals surface area contributed by atoms with Gasteiger partial charge in [0.15, 0.2) is 0 Å². The zero-order chi connectivity index (χ0) is 35.9. The number of ether oxygens (including phenoxy) is 1. The number of carbonyl (C=O) groups excluding carboxylic acids is 1. The number of benzene rings is 2. The monoisotopic (exact) mass is 695 g/mol. The highest BCUT2D eigenvalue weighted by molar-refractivity contribution is 5.68. The summed E-state index contributed by atoms with van der Waals surface area (Å²) < 4.78 is 88.4. The molecule has 0 N–H and O–H groups in total. The van der Waals surface area contributed by atoms with Crippen LogP contribution in [0, 0.1) is 19.8 Å². The van der Waals surface area contributed by atoms with Crippen LogP contribution in [0.1, 0.15) is 85.9 Å². The van der Waals surface area contributed by atoms with Crippen LogP contribution in [0.5, 0.6) is 0 Å². The minimum absolute atomic E-state index is 0.103. The Labute approximate surface area is 282 Å². The average Bonchev–Trinajstić information content (AvgIpc) is 3.33. The largest absolute Gasteiger partial charge is 0.444 e. The van der Waals surface area contributed by atoms with Gasteiger partial charge in [-0.1, -0.05) is 22.8 Å². The molecule has 0 unspecified atom stereocenters. The number of rotatable bonds is 6. The van der Waals surface area contributed by atoms with Gasteiger partial charge in [-0.15, -0.1) is 5.10 Å². The number of carbonyl (C=O) groups is 1. The Morgan fingerprint density at radius 1 is 0.918 bits per heavy atom. The molecule has 5 rings (SSSR count). The number of fused-ring (bicyclic) bond motifs is 1. The highest BCUT2D eigenvalue weighted by Crippen LogP contribution is 2.43. The van der Waals surface area contributed by atoms with Gasteiger partial charge in [0.05, 0.1) is 24.2 Å². The topological polar surface area (TPSA) is 79.6 Å². The van der Waals surface area contributed by atoms with E-state index in [4.69, 9.17) is 4.74 Å². The second-order valence-electron chi connectivity index (χ2n) is 14.2. The van der Waals surface area contributed by atoms with Crippen molar-refractivity contribution in [2.45, 2.75) is 90.8 Å². The van der Waals surface area contributed by atoms with Crippen molar-refractivity contribution in [2.75, 3.05) is 36.0 Å². The third kappa shape index (κ3) is 8.77. The number of halogens is 6. The first-order chi connectivity index (χ1) is 22.8. The number of likely N-dealkylation sites (tertiary alicyclic amines) is 1. The third-order valence-corrected chi connectivity index (χ3v) is 8.93. The molecule has 49 heavy (non-hydrogen) atoms. The number of nitrogens with zero attached hydrogens (tertiary/aromatic N) is 7. The van der Waals surface area contributed by atoms with Crippen LogP contribution in [0.4, 0.5) is 42.8 Å². The lowest BCUT2D eigenvalue weighted by Gasteiger charge is -2.37. The molecule has 0 spiro atoms. The number of aromatic nitrogens is 4. The Hall–Kier alpha value is -4.04. The van der Waals surface area contributed by atoms with Gasteiger partial charge in [-0.25, -0.2) is 4.79 Å². The van der Waals surface area contributed by atoms with Crippen molar-refractivity contribution in [1.82, 2.24) is 25.1 Å². The van der Waals surface area contributed by atoms with Crippen LogP contribution in [0.25, 0.3) is 0 Å². The van der Waals surface area contributed by atoms with Gasteiger partial charge in [0.25, 0.3) is 5.95 Å². The van der Waals surface area contributed by atoms with Gasteiger partial charge >= 0.3 is 18.4 Å². The van der Waals surface area contributed by atoms with Crippen molar-refractivity contribution in [3.63, 3.8) is 0 Å². The summed E-state index contributed by atoms with van der Waals surface area (Å²) in [6.45, 7) is 11.8. The Kier molecular flexibility index (Phi) is 10.1. The number of hydrogen-bond donors (Lipinski definition) is 0. The van der Waals surface area contributed by atoms with E-state index in [2.05, 4.69) is 26.4 Å². The summed E-state index contributed by atoms with van der Waals surface area (Å²) in [6.07, 6.45) is -7.43. The van der Waals surface area contributed by atoms with Crippen molar-refractivity contribution in [2.24, 2.45) is 13.0 Å². The number of tetrazole rings is 1. The van der Waals surface area contributed by atoms with Crippen molar-refractivity contribution < 1.29 is 35.9 Å². The van der Waals surface area contributed by atoms with Crippen LogP contribution in [0.2, 0.25) is 0 Å². The van der Waals surface area contributed by atoms with Crippen molar-refractivity contribution in [3.8, 4) is 0 Å². The number of hydrogen-bond acceptors (Lipinski definition) is 7. The number of anilines is 2. The maximum Gasteiger partial charge on any atom is 0.416 e. The molecule has 0 radical (unpaired) electrons. The maximum absolute atomic E-state index is 13.8. The van der Waals surface area contributed by atoms with Crippen LogP contribution >= 0.6 is 0 Å².